The number of nitrogens with zero attached hydrogens (tertiary/aromatic N) is 3. The molecule has 0 atom stereocenters. The Bertz CT molecular complexity index is 459. The predicted octanol–water partition coefficient (Wildman–Crippen LogP) is 2.24. The van der Waals surface area contributed by atoms with E-state index in [2.05, 4.69) is 10.2 Å². The number of hydrogen-bond donors (Lipinski definition) is 0. The normalized spacial score (nSPS) is 10.6. The van der Waals surface area contributed by atoms with Crippen LogP contribution in [0.1, 0.15) is 6.92 Å². The molecule has 1 aromatic heterocycles. The predicted molar refractivity (Wildman–Crippen MR) is 51.0 cm³/mol. The molecule has 2 rings (SSSR count). The summed E-state index contributed by atoms with van der Waals surface area (Å²) in [6.07, 6.45) is 1.45. The minimum atomic E-state index is -0.627. The van der Waals surface area contributed by atoms with Crippen molar-refractivity contribution in [1.29, 1.82) is 0 Å². The van der Waals surface area contributed by atoms with Gasteiger partial charge in [-0.3, -0.25) is 0 Å². The van der Waals surface area contributed by atoms with Gasteiger partial charge in [-0.25, -0.2) is 8.78 Å². The van der Waals surface area contributed by atoms with Crippen molar-refractivity contribution in [2.75, 3.05) is 0 Å². The third-order valence-electron chi connectivity index (χ3n) is 2.14. The molecule has 0 saturated heterocycles. The van der Waals surface area contributed by atoms with E-state index in [1.165, 1.54) is 24.5 Å². The van der Waals surface area contributed by atoms with Crippen molar-refractivity contribution in [3.05, 3.63) is 36.2 Å². The van der Waals surface area contributed by atoms with Crippen molar-refractivity contribution in [3.8, 4) is 11.4 Å². The van der Waals surface area contributed by atoms with Crippen molar-refractivity contribution in [1.82, 2.24) is 14.8 Å². The maximum absolute atomic E-state index is 13.4. The minimum absolute atomic E-state index is 0.128. The average Bonchev–Trinajstić information content (AvgIpc) is 2.65. The zero-order valence-electron chi connectivity index (χ0n) is 8.11. The molecule has 5 heteroatoms. The Labute approximate surface area is 85.4 Å². The summed E-state index contributed by atoms with van der Waals surface area (Å²) in [6.45, 7) is 2.42. The van der Waals surface area contributed by atoms with Gasteiger partial charge in [-0.1, -0.05) is 6.07 Å². The molecule has 0 radical (unpaired) electrons. The smallest absolute Gasteiger partial charge is 0.169 e. The Kier molecular flexibility index (Phi) is 2.45. The molecule has 0 spiro atoms. The van der Waals surface area contributed by atoms with Crippen LogP contribution in [0.25, 0.3) is 11.4 Å². The highest BCUT2D eigenvalue weighted by molar-refractivity contribution is 5.56. The molecule has 0 bridgehead atoms. The van der Waals surface area contributed by atoms with Crippen molar-refractivity contribution in [2.45, 2.75) is 13.5 Å². The molecule has 15 heavy (non-hydrogen) atoms. The van der Waals surface area contributed by atoms with Crippen molar-refractivity contribution < 1.29 is 8.78 Å². The first-order chi connectivity index (χ1) is 7.24. The van der Waals surface area contributed by atoms with Crippen LogP contribution in [0.3, 0.4) is 0 Å². The number of hydrogen-bond acceptors (Lipinski definition) is 2. The molecule has 1 heterocycles. The van der Waals surface area contributed by atoms with Crippen LogP contribution in [0.4, 0.5) is 8.78 Å². The lowest BCUT2D eigenvalue weighted by atomic mass is 10.2. The average molecular weight is 209 g/mol. The number of halogens is 2. The molecule has 0 amide bonds. The Morgan fingerprint density at radius 3 is 2.53 bits per heavy atom. The second-order valence-corrected chi connectivity index (χ2v) is 3.04. The second kappa shape index (κ2) is 3.76. The first-order valence-corrected chi connectivity index (χ1v) is 4.56. The second-order valence-electron chi connectivity index (χ2n) is 3.04. The van der Waals surface area contributed by atoms with Crippen molar-refractivity contribution in [3.63, 3.8) is 0 Å². The molecule has 0 fully saturated rings. The molecular weight excluding hydrogens is 200 g/mol. The summed E-state index contributed by atoms with van der Waals surface area (Å²) in [6, 6.07) is 3.72. The van der Waals surface area contributed by atoms with E-state index in [4.69, 9.17) is 0 Å². The SMILES string of the molecule is CCn1cnnc1-c1c(F)cccc1F. The minimum Gasteiger partial charge on any atom is -0.314 e. The Balaban J connectivity index is 2.63. The van der Waals surface area contributed by atoms with Crippen LogP contribution < -0.4 is 0 Å². The largest absolute Gasteiger partial charge is 0.314 e. The highest BCUT2D eigenvalue weighted by Crippen LogP contribution is 2.23. The molecule has 78 valence electrons. The monoisotopic (exact) mass is 209 g/mol. The fraction of sp³-hybridized carbons (Fsp3) is 0.200. The third kappa shape index (κ3) is 1.60. The number of benzene rings is 1. The molecule has 3 nitrogen and oxygen atoms in total. The number of rotatable bonds is 2. The van der Waals surface area contributed by atoms with E-state index in [1.807, 2.05) is 6.92 Å². The van der Waals surface area contributed by atoms with E-state index in [-0.39, 0.29) is 11.4 Å². The van der Waals surface area contributed by atoms with Gasteiger partial charge in [0.25, 0.3) is 0 Å². The number of aryl methyl sites for hydroxylation is 1. The van der Waals surface area contributed by atoms with E-state index in [1.54, 1.807) is 4.57 Å². The zero-order valence-corrected chi connectivity index (χ0v) is 8.11. The fourth-order valence-corrected chi connectivity index (χ4v) is 1.39. The van der Waals surface area contributed by atoms with Gasteiger partial charge in [0, 0.05) is 6.54 Å². The molecule has 0 aliphatic carbocycles. The summed E-state index contributed by atoms with van der Waals surface area (Å²) >= 11 is 0. The fourth-order valence-electron chi connectivity index (χ4n) is 1.39. The molecule has 0 aliphatic heterocycles. The Morgan fingerprint density at radius 1 is 1.27 bits per heavy atom. The summed E-state index contributed by atoms with van der Waals surface area (Å²) in [4.78, 5) is 0. The van der Waals surface area contributed by atoms with Gasteiger partial charge in [0.2, 0.25) is 0 Å². The van der Waals surface area contributed by atoms with Gasteiger partial charge in [0.05, 0.1) is 5.56 Å². The van der Waals surface area contributed by atoms with E-state index in [9.17, 15) is 8.78 Å². The van der Waals surface area contributed by atoms with E-state index in [0.29, 0.717) is 6.54 Å². The zero-order chi connectivity index (χ0) is 10.8. The maximum Gasteiger partial charge on any atom is 0.169 e. The van der Waals surface area contributed by atoms with E-state index < -0.39 is 11.6 Å². The number of aromatic nitrogens is 3. The van der Waals surface area contributed by atoms with Crippen LogP contribution in [0.15, 0.2) is 24.5 Å². The molecular formula is C10H9F2N3. The van der Waals surface area contributed by atoms with Crippen LogP contribution >= 0.6 is 0 Å². The van der Waals surface area contributed by atoms with Gasteiger partial charge in [-0.15, -0.1) is 10.2 Å². The summed E-state index contributed by atoms with van der Waals surface area (Å²) in [5.74, 6) is -1.04. The maximum atomic E-state index is 13.4. The summed E-state index contributed by atoms with van der Waals surface area (Å²) < 4.78 is 28.4. The molecule has 2 aromatic rings. The molecule has 0 saturated carbocycles. The van der Waals surface area contributed by atoms with E-state index in [0.717, 1.165) is 0 Å². The van der Waals surface area contributed by atoms with Crippen LogP contribution in [0, 0.1) is 11.6 Å². The van der Waals surface area contributed by atoms with Crippen molar-refractivity contribution in [2.24, 2.45) is 0 Å². The lowest BCUT2D eigenvalue weighted by molar-refractivity contribution is 0.584. The van der Waals surface area contributed by atoms with Gasteiger partial charge in [0.15, 0.2) is 5.82 Å². The lowest BCUT2D eigenvalue weighted by Gasteiger charge is -2.05. The molecule has 0 N–H and O–H groups in total. The highest BCUT2D eigenvalue weighted by atomic mass is 19.1. The lowest BCUT2D eigenvalue weighted by Crippen LogP contribution is -2.00. The van der Waals surface area contributed by atoms with Gasteiger partial charge in [-0.05, 0) is 19.1 Å². The van der Waals surface area contributed by atoms with Crippen molar-refractivity contribution >= 4 is 0 Å². The molecule has 1 aromatic carbocycles. The summed E-state index contributed by atoms with van der Waals surface area (Å²) in [5.41, 5.74) is -0.128. The van der Waals surface area contributed by atoms with Crippen LogP contribution in [-0.4, -0.2) is 14.8 Å². The Hall–Kier alpha value is -1.78. The quantitative estimate of drug-likeness (QED) is 0.759. The van der Waals surface area contributed by atoms with Gasteiger partial charge in [0.1, 0.15) is 18.0 Å². The molecule has 0 aliphatic rings. The highest BCUT2D eigenvalue weighted by Gasteiger charge is 2.15. The third-order valence-corrected chi connectivity index (χ3v) is 2.14. The van der Waals surface area contributed by atoms with E-state index >= 15 is 0 Å². The molecule has 0 unspecified atom stereocenters. The Morgan fingerprint density at radius 2 is 1.93 bits per heavy atom. The van der Waals surface area contributed by atoms with Gasteiger partial charge >= 0.3 is 0 Å². The standard InChI is InChI=1S/C10H9F2N3/c1-2-15-6-13-14-10(15)9-7(11)4-3-5-8(9)12/h3-6H,2H2,1H3. The van der Waals surface area contributed by atoms with Crippen LogP contribution in [0.5, 0.6) is 0 Å². The first-order valence-electron chi connectivity index (χ1n) is 4.56. The van der Waals surface area contributed by atoms with Crippen LogP contribution in [-0.2, 0) is 6.54 Å². The summed E-state index contributed by atoms with van der Waals surface area (Å²) in [7, 11) is 0. The topological polar surface area (TPSA) is 30.7 Å². The van der Waals surface area contributed by atoms with Gasteiger partial charge in [-0.2, -0.15) is 0 Å². The van der Waals surface area contributed by atoms with Gasteiger partial charge < -0.3 is 4.57 Å². The first kappa shape index (κ1) is 9.76. The van der Waals surface area contributed by atoms with Crippen LogP contribution in [0.2, 0.25) is 0 Å². The summed E-state index contributed by atoms with van der Waals surface area (Å²) in [5, 5.41) is 7.34.